The Morgan fingerprint density at radius 1 is 0.585 bits per heavy atom. The Hall–Kier alpha value is -1.52. The van der Waals surface area contributed by atoms with Gasteiger partial charge in [-0.1, -0.05) is 33.8 Å². The molecule has 0 radical (unpaired) electrons. The third-order valence-corrected chi connectivity index (χ3v) is 6.68. The molecule has 1 aromatic heterocycles. The Bertz CT molecular complexity index is 838. The zero-order valence-electron chi connectivity index (χ0n) is 26.7. The van der Waals surface area contributed by atoms with E-state index in [0.717, 1.165) is 103 Å². The fourth-order valence-electron chi connectivity index (χ4n) is 4.55. The second-order valence-corrected chi connectivity index (χ2v) is 11.9. The zero-order valence-corrected chi connectivity index (χ0v) is 27.5. The van der Waals surface area contributed by atoms with Gasteiger partial charge in [-0.05, 0) is 132 Å². The number of nitrogens with zero attached hydrogens (tertiary/aromatic N) is 2. The lowest BCUT2D eigenvalue weighted by Crippen LogP contribution is -2.26. The summed E-state index contributed by atoms with van der Waals surface area (Å²) in [5.41, 5.74) is 5.07. The van der Waals surface area contributed by atoms with E-state index < -0.39 is 0 Å². The Morgan fingerprint density at radius 2 is 1.00 bits per heavy atom. The van der Waals surface area contributed by atoms with Gasteiger partial charge in [-0.25, -0.2) is 0 Å². The van der Waals surface area contributed by atoms with Crippen LogP contribution in [-0.2, 0) is 20.1 Å². The molecule has 0 saturated carbocycles. The van der Waals surface area contributed by atoms with Gasteiger partial charge in [0.05, 0.1) is 6.20 Å². The fraction of sp³-hybridized carbons (Fsp3) is 0.719. The van der Waals surface area contributed by atoms with Gasteiger partial charge in [-0.3, -0.25) is 4.68 Å². The van der Waals surface area contributed by atoms with Gasteiger partial charge >= 0.3 is 0 Å². The number of nitrogens with one attached hydrogen (secondary N) is 6. The van der Waals surface area contributed by atoms with Crippen LogP contribution in [0.2, 0.25) is 0 Å². The number of hydrogen-bond acceptors (Lipinski definition) is 7. The standard InChI is InChI=1S/C32H60N8.ClH/c1-27(2)21-35-14-6-10-33-12-8-16-37-23-29-18-30(20-31(19-29)32-25-39-40(5)26-32)24-38-17-9-13-34-11-7-15-36-22-28(3)4;/h18-20,25-28,33-38H,6-17,21-24H2,1-5H3;1H. The molecule has 1 aromatic carbocycles. The maximum absolute atomic E-state index is 4.39. The largest absolute Gasteiger partial charge is 0.317 e. The summed E-state index contributed by atoms with van der Waals surface area (Å²) >= 11 is 0. The topological polar surface area (TPSA) is 90.0 Å². The fourth-order valence-corrected chi connectivity index (χ4v) is 4.55. The van der Waals surface area contributed by atoms with Crippen molar-refractivity contribution in [3.05, 3.63) is 41.7 Å². The minimum atomic E-state index is 0. The molecule has 1 heterocycles. The monoisotopic (exact) mass is 592 g/mol. The van der Waals surface area contributed by atoms with Crippen LogP contribution in [-0.4, -0.2) is 75.2 Å². The molecule has 0 aliphatic carbocycles. The highest BCUT2D eigenvalue weighted by molar-refractivity contribution is 5.85. The Kier molecular flexibility index (Phi) is 21.9. The zero-order chi connectivity index (χ0) is 28.8. The minimum Gasteiger partial charge on any atom is -0.317 e. The molecule has 0 aliphatic rings. The first-order chi connectivity index (χ1) is 19.4. The van der Waals surface area contributed by atoms with E-state index in [1.54, 1.807) is 0 Å². The van der Waals surface area contributed by atoms with E-state index in [2.05, 4.69) is 89.1 Å². The van der Waals surface area contributed by atoms with Crippen LogP contribution in [0.1, 0.15) is 64.5 Å². The molecule has 236 valence electrons. The molecule has 8 nitrogen and oxygen atoms in total. The van der Waals surface area contributed by atoms with Crippen LogP contribution < -0.4 is 31.9 Å². The van der Waals surface area contributed by atoms with Crippen molar-refractivity contribution < 1.29 is 0 Å². The number of halogens is 1. The quantitative estimate of drug-likeness (QED) is 0.0974. The van der Waals surface area contributed by atoms with Gasteiger partial charge in [0.2, 0.25) is 0 Å². The molecule has 0 spiro atoms. The summed E-state index contributed by atoms with van der Waals surface area (Å²) in [6.45, 7) is 21.5. The Morgan fingerprint density at radius 3 is 1.39 bits per heavy atom. The molecule has 0 aliphatic heterocycles. The summed E-state index contributed by atoms with van der Waals surface area (Å²) in [4.78, 5) is 0. The first-order valence-electron chi connectivity index (χ1n) is 15.8. The lowest BCUT2D eigenvalue weighted by atomic mass is 10.0. The number of benzene rings is 1. The third kappa shape index (κ3) is 19.3. The van der Waals surface area contributed by atoms with Crippen LogP contribution in [0.15, 0.2) is 30.6 Å². The van der Waals surface area contributed by atoms with Crippen LogP contribution >= 0.6 is 12.4 Å². The van der Waals surface area contributed by atoms with Crippen molar-refractivity contribution in [3.8, 4) is 11.1 Å². The predicted molar refractivity (Wildman–Crippen MR) is 179 cm³/mol. The van der Waals surface area contributed by atoms with Crippen molar-refractivity contribution in [2.45, 2.75) is 66.5 Å². The van der Waals surface area contributed by atoms with E-state index in [1.807, 2.05) is 17.9 Å². The molecule has 9 heteroatoms. The summed E-state index contributed by atoms with van der Waals surface area (Å²) in [5, 5.41) is 25.8. The van der Waals surface area contributed by atoms with Crippen LogP contribution in [0.4, 0.5) is 0 Å². The van der Waals surface area contributed by atoms with Gasteiger partial charge in [0, 0.05) is 31.9 Å². The predicted octanol–water partition coefficient (Wildman–Crippen LogP) is 3.92. The van der Waals surface area contributed by atoms with E-state index >= 15 is 0 Å². The summed E-state index contributed by atoms with van der Waals surface area (Å²) in [6, 6.07) is 6.94. The van der Waals surface area contributed by atoms with E-state index in [4.69, 9.17) is 0 Å². The third-order valence-electron chi connectivity index (χ3n) is 6.68. The van der Waals surface area contributed by atoms with Gasteiger partial charge in [0.25, 0.3) is 0 Å². The van der Waals surface area contributed by atoms with Crippen LogP contribution in [0, 0.1) is 11.8 Å². The molecule has 2 aromatic rings. The molecular weight excluding hydrogens is 532 g/mol. The van der Waals surface area contributed by atoms with Crippen molar-refractivity contribution in [2.24, 2.45) is 18.9 Å². The average Bonchev–Trinajstić information content (AvgIpc) is 3.36. The van der Waals surface area contributed by atoms with Crippen molar-refractivity contribution >= 4 is 12.4 Å². The smallest absolute Gasteiger partial charge is 0.0568 e. The van der Waals surface area contributed by atoms with Crippen molar-refractivity contribution in [1.82, 2.24) is 41.7 Å². The first kappa shape index (κ1) is 37.5. The van der Waals surface area contributed by atoms with Crippen LogP contribution in [0.5, 0.6) is 0 Å². The summed E-state index contributed by atoms with van der Waals surface area (Å²) in [7, 11) is 1.98. The second-order valence-electron chi connectivity index (χ2n) is 11.9. The van der Waals surface area contributed by atoms with Gasteiger partial charge in [0.15, 0.2) is 0 Å². The average molecular weight is 593 g/mol. The molecule has 6 N–H and O–H groups in total. The molecule has 0 saturated heterocycles. The highest BCUT2D eigenvalue weighted by atomic mass is 35.5. The number of aryl methyl sites for hydroxylation is 1. The Balaban J connectivity index is 0.00000840. The first-order valence-corrected chi connectivity index (χ1v) is 15.8. The normalized spacial score (nSPS) is 11.5. The number of hydrogen-bond donors (Lipinski definition) is 6. The SMILES string of the molecule is CC(C)CNCCCNCCCNCc1cc(CNCCCNCCCNCC(C)C)cc(-c2cnn(C)c2)c1.Cl. The maximum atomic E-state index is 4.39. The molecular formula is C32H61ClN8. The molecule has 0 atom stereocenters. The maximum Gasteiger partial charge on any atom is 0.0568 e. The molecule has 0 amide bonds. The van der Waals surface area contributed by atoms with Crippen LogP contribution in [0.25, 0.3) is 11.1 Å². The highest BCUT2D eigenvalue weighted by Crippen LogP contribution is 2.22. The second kappa shape index (κ2) is 24.0. The summed E-state index contributed by atoms with van der Waals surface area (Å²) in [6.07, 6.45) is 8.70. The molecule has 0 fully saturated rings. The van der Waals surface area contributed by atoms with Gasteiger partial charge in [-0.2, -0.15) is 5.10 Å². The molecule has 41 heavy (non-hydrogen) atoms. The van der Waals surface area contributed by atoms with E-state index in [1.165, 1.54) is 35.1 Å². The van der Waals surface area contributed by atoms with Crippen molar-refractivity contribution in [2.75, 3.05) is 65.4 Å². The van der Waals surface area contributed by atoms with Crippen molar-refractivity contribution in [3.63, 3.8) is 0 Å². The Labute approximate surface area is 257 Å². The van der Waals surface area contributed by atoms with Crippen molar-refractivity contribution in [1.29, 1.82) is 0 Å². The molecule has 0 bridgehead atoms. The lowest BCUT2D eigenvalue weighted by molar-refractivity contribution is 0.524. The minimum absolute atomic E-state index is 0. The highest BCUT2D eigenvalue weighted by Gasteiger charge is 2.06. The number of rotatable bonds is 25. The summed E-state index contributed by atoms with van der Waals surface area (Å²) < 4.78 is 1.87. The lowest BCUT2D eigenvalue weighted by Gasteiger charge is -2.12. The van der Waals surface area contributed by atoms with Gasteiger partial charge in [0.1, 0.15) is 0 Å². The molecule has 2 rings (SSSR count). The van der Waals surface area contributed by atoms with E-state index in [-0.39, 0.29) is 12.4 Å². The summed E-state index contributed by atoms with van der Waals surface area (Å²) in [5.74, 6) is 1.45. The van der Waals surface area contributed by atoms with Crippen LogP contribution in [0.3, 0.4) is 0 Å². The van der Waals surface area contributed by atoms with E-state index in [0.29, 0.717) is 0 Å². The van der Waals surface area contributed by atoms with Gasteiger partial charge in [-0.15, -0.1) is 12.4 Å². The molecule has 0 unspecified atom stereocenters. The van der Waals surface area contributed by atoms with Gasteiger partial charge < -0.3 is 31.9 Å². The number of aromatic nitrogens is 2. The van der Waals surface area contributed by atoms with E-state index in [9.17, 15) is 0 Å².